The zero-order valence-electron chi connectivity index (χ0n) is 15.1. The van der Waals surface area contributed by atoms with Crippen molar-refractivity contribution in [1.29, 1.82) is 0 Å². The van der Waals surface area contributed by atoms with Gasteiger partial charge in [0.2, 0.25) is 0 Å². The second kappa shape index (κ2) is 9.16. The van der Waals surface area contributed by atoms with Gasteiger partial charge in [0.1, 0.15) is 25.2 Å². The van der Waals surface area contributed by atoms with Gasteiger partial charge >= 0.3 is 13.9 Å². The molecule has 0 saturated carbocycles. The van der Waals surface area contributed by atoms with Gasteiger partial charge in [-0.25, -0.2) is 4.79 Å². The lowest BCUT2D eigenvalue weighted by Gasteiger charge is -2.14. The number of hydrogen-bond donors (Lipinski definition) is 1. The van der Waals surface area contributed by atoms with E-state index in [1.165, 1.54) is 23.8 Å². The predicted molar refractivity (Wildman–Crippen MR) is 98.8 cm³/mol. The lowest BCUT2D eigenvalue weighted by Crippen LogP contribution is -2.31. The Balaban J connectivity index is 1.59. The summed E-state index contributed by atoms with van der Waals surface area (Å²) < 4.78 is 29.3. The van der Waals surface area contributed by atoms with Crippen molar-refractivity contribution in [3.63, 3.8) is 0 Å². The number of nitrogens with zero attached hydrogens (tertiary/aromatic N) is 1. The Kier molecular flexibility index (Phi) is 6.64. The van der Waals surface area contributed by atoms with E-state index >= 15 is 0 Å². The van der Waals surface area contributed by atoms with Crippen molar-refractivity contribution < 1.29 is 23.1 Å². The fourth-order valence-corrected chi connectivity index (χ4v) is 3.61. The molecule has 1 aromatic carbocycles. The van der Waals surface area contributed by atoms with Crippen LogP contribution >= 0.6 is 8.25 Å². The van der Waals surface area contributed by atoms with Crippen LogP contribution in [0.25, 0.3) is 0 Å². The molecule has 1 aliphatic rings. The van der Waals surface area contributed by atoms with E-state index in [1.54, 1.807) is 0 Å². The molecule has 2 heterocycles. The molecule has 0 radical (unpaired) electrons. The Labute approximate surface area is 161 Å². The number of hydrogen-bond acceptors (Lipinski definition) is 7. The van der Waals surface area contributed by atoms with Crippen LogP contribution in [0.5, 0.6) is 0 Å². The van der Waals surface area contributed by atoms with E-state index in [-0.39, 0.29) is 25.4 Å². The van der Waals surface area contributed by atoms with Crippen LogP contribution in [0.15, 0.2) is 52.2 Å². The normalized spacial score (nSPS) is 22.2. The molecule has 0 bridgehead atoms. The Bertz CT molecular complexity index is 956. The van der Waals surface area contributed by atoms with E-state index in [1.807, 2.05) is 30.3 Å². The summed E-state index contributed by atoms with van der Waals surface area (Å²) in [5.74, 6) is -0.657. The average molecular weight is 407 g/mol. The summed E-state index contributed by atoms with van der Waals surface area (Å²) >= 11 is 0. The van der Waals surface area contributed by atoms with E-state index in [0.29, 0.717) is 0 Å². The minimum atomic E-state index is -2.40. The number of rotatable bonds is 8. The van der Waals surface area contributed by atoms with Gasteiger partial charge in [-0.1, -0.05) is 30.3 Å². The van der Waals surface area contributed by atoms with Crippen LogP contribution in [0.2, 0.25) is 0 Å². The zero-order valence-corrected chi connectivity index (χ0v) is 16.0. The van der Waals surface area contributed by atoms with Gasteiger partial charge in [-0.05, 0) is 12.5 Å². The molecule has 1 N–H and O–H groups in total. The molecule has 0 spiro atoms. The van der Waals surface area contributed by atoms with E-state index in [0.717, 1.165) is 5.56 Å². The third kappa shape index (κ3) is 5.08. The fourth-order valence-electron chi connectivity index (χ4n) is 3.01. The topological polar surface area (TPSA) is 117 Å². The van der Waals surface area contributed by atoms with Crippen molar-refractivity contribution >= 4 is 14.0 Å². The van der Waals surface area contributed by atoms with Crippen molar-refractivity contribution in [2.75, 3.05) is 6.61 Å². The number of ether oxygens (including phenoxy) is 1. The van der Waals surface area contributed by atoms with Gasteiger partial charge in [-0.3, -0.25) is 19.1 Å². The van der Waals surface area contributed by atoms with Gasteiger partial charge < -0.3 is 4.74 Å². The molecule has 4 unspecified atom stereocenters. The lowest BCUT2D eigenvalue weighted by molar-refractivity contribution is -0.123. The largest absolute Gasteiger partial charge is 0.697 e. The standard InChI is InChI=1S/C18H19N2O7P/c1-12(21)14-9-17(20-8-7-16(22)19-18(20)23)27-15(14)11-26-28(24)25-10-13-5-3-2-4-6-13/h2-8,14-15,17H,9-11H2,1H3/p+1. The van der Waals surface area contributed by atoms with E-state index in [2.05, 4.69) is 4.98 Å². The van der Waals surface area contributed by atoms with Crippen LogP contribution in [-0.2, 0) is 29.8 Å². The molecule has 9 nitrogen and oxygen atoms in total. The third-order valence-corrected chi connectivity index (χ3v) is 5.14. The van der Waals surface area contributed by atoms with Gasteiger partial charge in [-0.15, -0.1) is 9.05 Å². The Morgan fingerprint density at radius 3 is 2.68 bits per heavy atom. The molecule has 4 atom stereocenters. The minimum absolute atomic E-state index is 0.122. The predicted octanol–water partition coefficient (Wildman–Crippen LogP) is 1.92. The van der Waals surface area contributed by atoms with Gasteiger partial charge in [-0.2, -0.15) is 0 Å². The maximum Gasteiger partial charge on any atom is 0.697 e. The van der Waals surface area contributed by atoms with Crippen LogP contribution in [0.1, 0.15) is 25.1 Å². The van der Waals surface area contributed by atoms with Gasteiger partial charge in [0.25, 0.3) is 5.56 Å². The molecule has 3 rings (SSSR count). The molecule has 28 heavy (non-hydrogen) atoms. The minimum Gasteiger partial charge on any atom is -0.351 e. The molecule has 148 valence electrons. The van der Waals surface area contributed by atoms with Gasteiger partial charge in [0.15, 0.2) is 0 Å². The number of ketones is 1. The SMILES string of the molecule is CC(=O)C1CC(n2ccc(=O)[nH]c2=O)OC1CO[P+](=O)OCc1ccccc1. The highest BCUT2D eigenvalue weighted by molar-refractivity contribution is 7.33. The van der Waals surface area contributed by atoms with Crippen molar-refractivity contribution in [1.82, 2.24) is 9.55 Å². The highest BCUT2D eigenvalue weighted by Crippen LogP contribution is 2.35. The zero-order chi connectivity index (χ0) is 20.1. The third-order valence-electron chi connectivity index (χ3n) is 4.44. The first kappa shape index (κ1) is 20.3. The smallest absolute Gasteiger partial charge is 0.351 e. The van der Waals surface area contributed by atoms with Crippen LogP contribution in [0.3, 0.4) is 0 Å². The molecule has 1 aliphatic heterocycles. The molecular weight excluding hydrogens is 387 g/mol. The Morgan fingerprint density at radius 2 is 2.00 bits per heavy atom. The molecule has 2 aromatic rings. The molecule has 1 saturated heterocycles. The van der Waals surface area contributed by atoms with Crippen LogP contribution < -0.4 is 11.2 Å². The van der Waals surface area contributed by atoms with Gasteiger partial charge in [0, 0.05) is 23.2 Å². The van der Waals surface area contributed by atoms with E-state index in [4.69, 9.17) is 13.8 Å². The Hall–Kier alpha value is -2.45. The highest BCUT2D eigenvalue weighted by Gasteiger charge is 2.41. The number of benzene rings is 1. The Morgan fingerprint density at radius 1 is 1.25 bits per heavy atom. The van der Waals surface area contributed by atoms with E-state index in [9.17, 15) is 18.9 Å². The molecular formula is C18H20N2O7P+. The number of carbonyl (C=O) groups is 1. The number of carbonyl (C=O) groups excluding carboxylic acids is 1. The second-order valence-electron chi connectivity index (χ2n) is 6.38. The summed E-state index contributed by atoms with van der Waals surface area (Å²) in [4.78, 5) is 37.2. The van der Waals surface area contributed by atoms with Crippen molar-refractivity contribution in [2.24, 2.45) is 5.92 Å². The van der Waals surface area contributed by atoms with Gasteiger partial charge in [0.05, 0.1) is 12.0 Å². The quantitative estimate of drug-likeness (QED) is 0.665. The van der Waals surface area contributed by atoms with Crippen LogP contribution in [0.4, 0.5) is 0 Å². The first-order valence-electron chi connectivity index (χ1n) is 8.68. The van der Waals surface area contributed by atoms with Crippen molar-refractivity contribution in [2.45, 2.75) is 32.3 Å². The monoisotopic (exact) mass is 407 g/mol. The summed E-state index contributed by atoms with van der Waals surface area (Å²) in [6.07, 6.45) is 0.155. The number of Topliss-reactive ketones (excluding diaryl/α,β-unsaturated/α-hetero) is 1. The van der Waals surface area contributed by atoms with Crippen LogP contribution in [0, 0.1) is 5.92 Å². The second-order valence-corrected chi connectivity index (χ2v) is 7.34. The lowest BCUT2D eigenvalue weighted by atomic mass is 9.97. The number of nitrogens with one attached hydrogen (secondary N) is 1. The number of H-pyrrole nitrogens is 1. The molecule has 10 heteroatoms. The summed E-state index contributed by atoms with van der Waals surface area (Å²) in [5.41, 5.74) is -0.292. The molecule has 0 aliphatic carbocycles. The number of aromatic nitrogens is 2. The van der Waals surface area contributed by atoms with E-state index < -0.39 is 37.8 Å². The van der Waals surface area contributed by atoms with Crippen molar-refractivity contribution in [3.8, 4) is 0 Å². The fraction of sp³-hybridized carbons (Fsp3) is 0.389. The highest BCUT2D eigenvalue weighted by atomic mass is 31.1. The maximum atomic E-state index is 12.0. The average Bonchev–Trinajstić information content (AvgIpc) is 3.10. The summed E-state index contributed by atoms with van der Waals surface area (Å²) in [5, 5.41) is 0. The van der Waals surface area contributed by atoms with Crippen LogP contribution in [-0.4, -0.2) is 28.0 Å². The summed E-state index contributed by atoms with van der Waals surface area (Å²) in [6.45, 7) is 1.43. The first-order chi connectivity index (χ1) is 13.4. The molecule has 1 fully saturated rings. The van der Waals surface area contributed by atoms with Crippen molar-refractivity contribution in [3.05, 3.63) is 69.0 Å². The molecule has 1 aromatic heterocycles. The first-order valence-corrected chi connectivity index (χ1v) is 9.78. The summed E-state index contributed by atoms with van der Waals surface area (Å²) in [6, 6.07) is 10.4. The number of aromatic amines is 1. The molecule has 0 amide bonds. The maximum absolute atomic E-state index is 12.0. The summed E-state index contributed by atoms with van der Waals surface area (Å²) in [7, 11) is -2.40.